The summed E-state index contributed by atoms with van der Waals surface area (Å²) in [6.45, 7) is 2.66. The van der Waals surface area contributed by atoms with E-state index in [1.165, 1.54) is 18.9 Å². The summed E-state index contributed by atoms with van der Waals surface area (Å²) in [5.41, 5.74) is 0.789. The number of esters is 2. The van der Waals surface area contributed by atoms with Gasteiger partial charge >= 0.3 is 18.0 Å². The van der Waals surface area contributed by atoms with Gasteiger partial charge < -0.3 is 33.9 Å². The van der Waals surface area contributed by atoms with E-state index in [2.05, 4.69) is 5.32 Å². The summed E-state index contributed by atoms with van der Waals surface area (Å²) in [7, 11) is 4.75. The number of nitrogens with zero attached hydrogens (tertiary/aromatic N) is 1. The lowest BCUT2D eigenvalue weighted by atomic mass is 10.0. The van der Waals surface area contributed by atoms with Crippen molar-refractivity contribution in [2.75, 3.05) is 34.3 Å². The van der Waals surface area contributed by atoms with Gasteiger partial charge in [0, 0.05) is 39.9 Å². The zero-order chi connectivity index (χ0) is 22.8. The molecule has 2 rings (SSSR count). The van der Waals surface area contributed by atoms with Crippen LogP contribution in [0.2, 0.25) is 0 Å². The molecule has 10 heteroatoms. The van der Waals surface area contributed by atoms with Crippen LogP contribution in [0.15, 0.2) is 24.3 Å². The van der Waals surface area contributed by atoms with Crippen molar-refractivity contribution >= 4 is 18.0 Å². The largest absolute Gasteiger partial charge is 0.467 e. The Morgan fingerprint density at radius 1 is 1.19 bits per heavy atom. The number of rotatable bonds is 9. The second-order valence-electron chi connectivity index (χ2n) is 7.12. The van der Waals surface area contributed by atoms with Crippen molar-refractivity contribution in [3.05, 3.63) is 29.8 Å². The summed E-state index contributed by atoms with van der Waals surface area (Å²) in [5, 5.41) is 2.97. The predicted molar refractivity (Wildman–Crippen MR) is 109 cm³/mol. The van der Waals surface area contributed by atoms with Crippen molar-refractivity contribution < 1.29 is 38.1 Å². The molecule has 0 radical (unpaired) electrons. The van der Waals surface area contributed by atoms with Crippen LogP contribution in [0, 0.1) is 0 Å². The minimum absolute atomic E-state index is 0.127. The van der Waals surface area contributed by atoms with Gasteiger partial charge in [0.15, 0.2) is 6.10 Å². The first kappa shape index (κ1) is 24.4. The molecular weight excluding hydrogens is 408 g/mol. The van der Waals surface area contributed by atoms with Crippen LogP contribution in [0.4, 0.5) is 4.79 Å². The summed E-state index contributed by atoms with van der Waals surface area (Å²) >= 11 is 0. The third-order valence-electron chi connectivity index (χ3n) is 4.61. The lowest BCUT2D eigenvalue weighted by molar-refractivity contribution is -0.204. The fourth-order valence-electron chi connectivity index (χ4n) is 2.98. The monoisotopic (exact) mass is 438 g/mol. The van der Waals surface area contributed by atoms with Gasteiger partial charge in [-0.15, -0.1) is 0 Å². The molecule has 1 aromatic carbocycles. The van der Waals surface area contributed by atoms with E-state index < -0.39 is 36.5 Å². The lowest BCUT2D eigenvalue weighted by Gasteiger charge is -2.33. The van der Waals surface area contributed by atoms with E-state index >= 15 is 0 Å². The zero-order valence-corrected chi connectivity index (χ0v) is 18.3. The third kappa shape index (κ3) is 8.06. The molecule has 1 aliphatic heterocycles. The normalized spacial score (nSPS) is 20.5. The second kappa shape index (κ2) is 12.1. The van der Waals surface area contributed by atoms with Crippen LogP contribution in [-0.4, -0.2) is 75.7 Å². The molecular formula is C21H30N2O8. The Labute approximate surface area is 181 Å². The molecule has 1 heterocycles. The molecule has 1 aliphatic rings. The van der Waals surface area contributed by atoms with Gasteiger partial charge in [0.1, 0.15) is 18.5 Å². The van der Waals surface area contributed by atoms with Crippen LogP contribution >= 0.6 is 0 Å². The van der Waals surface area contributed by atoms with Crippen molar-refractivity contribution in [2.45, 2.75) is 44.9 Å². The van der Waals surface area contributed by atoms with Gasteiger partial charge in [0.2, 0.25) is 6.29 Å². The molecule has 0 aliphatic carbocycles. The Kier molecular flexibility index (Phi) is 9.54. The molecule has 1 amide bonds. The van der Waals surface area contributed by atoms with Crippen LogP contribution in [0.25, 0.3) is 0 Å². The van der Waals surface area contributed by atoms with Gasteiger partial charge in [-0.2, -0.15) is 0 Å². The van der Waals surface area contributed by atoms with Crippen molar-refractivity contribution in [3.8, 4) is 5.75 Å². The Balaban J connectivity index is 1.90. The van der Waals surface area contributed by atoms with Crippen LogP contribution in [0.3, 0.4) is 0 Å². The molecule has 1 aromatic rings. The number of ether oxygens (including phenoxy) is 5. The smallest absolute Gasteiger partial charge is 0.409 e. The van der Waals surface area contributed by atoms with E-state index in [4.69, 9.17) is 23.7 Å². The zero-order valence-electron chi connectivity index (χ0n) is 18.3. The standard InChI is InChI=1S/C21H30N2O8/c1-14(24)29-17-11-18(20(25)27-4)31-19(12-17)30-16-7-5-15(6-8-16)13-28-21(26)23(3)10-9-22-2/h5-8,17-19,22H,9-13H2,1-4H3. The lowest BCUT2D eigenvalue weighted by Crippen LogP contribution is -2.44. The van der Waals surface area contributed by atoms with Gasteiger partial charge in [-0.3, -0.25) is 4.79 Å². The molecule has 172 valence electrons. The maximum atomic E-state index is 11.9. The van der Waals surface area contributed by atoms with Gasteiger partial charge in [-0.1, -0.05) is 12.1 Å². The maximum Gasteiger partial charge on any atom is 0.409 e. The highest BCUT2D eigenvalue weighted by molar-refractivity contribution is 5.74. The number of nitrogens with one attached hydrogen (secondary N) is 1. The molecule has 0 saturated carbocycles. The molecule has 3 unspecified atom stereocenters. The fourth-order valence-corrected chi connectivity index (χ4v) is 2.98. The van der Waals surface area contributed by atoms with E-state index in [1.807, 2.05) is 7.05 Å². The van der Waals surface area contributed by atoms with E-state index in [-0.39, 0.29) is 19.4 Å². The summed E-state index contributed by atoms with van der Waals surface area (Å²) in [6, 6.07) is 6.94. The summed E-state index contributed by atoms with van der Waals surface area (Å²) in [6.07, 6.45) is -2.10. The molecule has 0 bridgehead atoms. The highest BCUT2D eigenvalue weighted by Crippen LogP contribution is 2.26. The van der Waals surface area contributed by atoms with Gasteiger partial charge in [0.25, 0.3) is 0 Å². The van der Waals surface area contributed by atoms with Gasteiger partial charge in [-0.25, -0.2) is 9.59 Å². The van der Waals surface area contributed by atoms with E-state index in [0.717, 1.165) is 5.56 Å². The Morgan fingerprint density at radius 3 is 2.52 bits per heavy atom. The number of hydrogen-bond donors (Lipinski definition) is 1. The van der Waals surface area contributed by atoms with Crippen molar-refractivity contribution in [1.29, 1.82) is 0 Å². The van der Waals surface area contributed by atoms with E-state index in [1.54, 1.807) is 31.3 Å². The fraction of sp³-hybridized carbons (Fsp3) is 0.571. The maximum absolute atomic E-state index is 11.9. The number of hydrogen-bond acceptors (Lipinski definition) is 9. The van der Waals surface area contributed by atoms with Crippen LogP contribution in [-0.2, 0) is 35.1 Å². The van der Waals surface area contributed by atoms with Crippen LogP contribution in [0.1, 0.15) is 25.3 Å². The first-order valence-electron chi connectivity index (χ1n) is 10.0. The van der Waals surface area contributed by atoms with Crippen molar-refractivity contribution in [3.63, 3.8) is 0 Å². The van der Waals surface area contributed by atoms with E-state index in [9.17, 15) is 14.4 Å². The Bertz CT molecular complexity index is 739. The highest BCUT2D eigenvalue weighted by Gasteiger charge is 2.37. The topological polar surface area (TPSA) is 113 Å². The molecule has 31 heavy (non-hydrogen) atoms. The second-order valence-corrected chi connectivity index (χ2v) is 7.12. The SMILES string of the molecule is CNCCN(C)C(=O)OCc1ccc(OC2CC(OC(C)=O)CC(C(=O)OC)O2)cc1. The molecule has 1 saturated heterocycles. The average Bonchev–Trinajstić information content (AvgIpc) is 2.75. The van der Waals surface area contributed by atoms with E-state index in [0.29, 0.717) is 18.8 Å². The van der Waals surface area contributed by atoms with Gasteiger partial charge in [-0.05, 0) is 24.7 Å². The summed E-state index contributed by atoms with van der Waals surface area (Å²) in [4.78, 5) is 36.6. The molecule has 0 spiro atoms. The Morgan fingerprint density at radius 2 is 1.90 bits per heavy atom. The first-order valence-corrected chi connectivity index (χ1v) is 10.0. The van der Waals surface area contributed by atoms with Crippen molar-refractivity contribution in [2.24, 2.45) is 0 Å². The number of benzene rings is 1. The van der Waals surface area contributed by atoms with Crippen molar-refractivity contribution in [1.82, 2.24) is 10.2 Å². The number of methoxy groups -OCH3 is 1. The molecule has 1 fully saturated rings. The minimum Gasteiger partial charge on any atom is -0.467 e. The Hall–Kier alpha value is -2.85. The molecule has 1 N–H and O–H groups in total. The average molecular weight is 438 g/mol. The predicted octanol–water partition coefficient (Wildman–Crippen LogP) is 1.46. The quantitative estimate of drug-likeness (QED) is 0.452. The van der Waals surface area contributed by atoms with Crippen LogP contribution < -0.4 is 10.1 Å². The number of carbonyl (C=O) groups excluding carboxylic acids is 3. The summed E-state index contributed by atoms with van der Waals surface area (Å²) < 4.78 is 26.7. The molecule has 10 nitrogen and oxygen atoms in total. The van der Waals surface area contributed by atoms with Gasteiger partial charge in [0.05, 0.1) is 7.11 Å². The minimum atomic E-state index is -0.883. The van der Waals surface area contributed by atoms with Crippen LogP contribution in [0.5, 0.6) is 5.75 Å². The molecule has 3 atom stereocenters. The highest BCUT2D eigenvalue weighted by atomic mass is 16.7. The number of amides is 1. The first-order chi connectivity index (χ1) is 14.8. The third-order valence-corrected chi connectivity index (χ3v) is 4.61. The molecule has 0 aromatic heterocycles. The number of carbonyl (C=O) groups is 3. The summed E-state index contributed by atoms with van der Waals surface area (Å²) in [5.74, 6) is -0.495. The number of likely N-dealkylation sites (N-methyl/N-ethyl adjacent to an activating group) is 2.